The second-order valence-electron chi connectivity index (χ2n) is 5.67. The Kier molecular flexibility index (Phi) is 3.47. The summed E-state index contributed by atoms with van der Waals surface area (Å²) in [5.41, 5.74) is 2.90. The van der Waals surface area contributed by atoms with E-state index >= 15 is 0 Å². The Morgan fingerprint density at radius 2 is 2.06 bits per heavy atom. The molecular formula is C16H22O2. The number of hydrogen-bond donors (Lipinski definition) is 1. The van der Waals surface area contributed by atoms with Gasteiger partial charge in [0.2, 0.25) is 0 Å². The highest BCUT2D eigenvalue weighted by molar-refractivity contribution is 5.83. The third kappa shape index (κ3) is 1.94. The van der Waals surface area contributed by atoms with Crippen molar-refractivity contribution >= 4 is 5.97 Å². The molecule has 0 aliphatic heterocycles. The maximum Gasteiger partial charge on any atom is 0.314 e. The predicted molar refractivity (Wildman–Crippen MR) is 73.1 cm³/mol. The smallest absolute Gasteiger partial charge is 0.314 e. The Morgan fingerprint density at radius 3 is 2.44 bits per heavy atom. The molecule has 1 N–H and O–H groups in total. The molecule has 1 aromatic rings. The van der Waals surface area contributed by atoms with Crippen LogP contribution in [-0.4, -0.2) is 11.1 Å². The van der Waals surface area contributed by atoms with E-state index in [1.54, 1.807) is 0 Å². The van der Waals surface area contributed by atoms with Crippen LogP contribution in [0.1, 0.15) is 62.6 Å². The molecule has 1 aromatic carbocycles. The number of carboxylic acids is 1. The molecule has 0 spiro atoms. The van der Waals surface area contributed by atoms with Crippen LogP contribution in [0.25, 0.3) is 0 Å². The fourth-order valence-electron chi connectivity index (χ4n) is 2.87. The summed E-state index contributed by atoms with van der Waals surface area (Å²) in [5.74, 6) is -0.272. The van der Waals surface area contributed by atoms with Crippen molar-refractivity contribution in [2.45, 2.75) is 57.8 Å². The molecule has 0 aromatic heterocycles. The maximum atomic E-state index is 11.7. The summed E-state index contributed by atoms with van der Waals surface area (Å²) < 4.78 is 0. The van der Waals surface area contributed by atoms with Crippen molar-refractivity contribution in [3.63, 3.8) is 0 Å². The molecule has 1 saturated carbocycles. The molecule has 0 bridgehead atoms. The Morgan fingerprint density at radius 1 is 1.39 bits per heavy atom. The standard InChI is InChI=1S/C16H22O2/c1-4-12-6-7-13(11(2)3)14(10-12)16(15(17)18)8-5-9-16/h6-7,10-11H,4-5,8-9H2,1-3H3,(H,17,18). The van der Waals surface area contributed by atoms with Crippen LogP contribution in [0.15, 0.2) is 18.2 Å². The number of benzene rings is 1. The summed E-state index contributed by atoms with van der Waals surface area (Å²) in [6, 6.07) is 6.39. The van der Waals surface area contributed by atoms with E-state index < -0.39 is 11.4 Å². The van der Waals surface area contributed by atoms with E-state index in [9.17, 15) is 9.90 Å². The number of carbonyl (C=O) groups is 1. The van der Waals surface area contributed by atoms with E-state index in [0.29, 0.717) is 5.92 Å². The minimum Gasteiger partial charge on any atom is -0.481 e. The van der Waals surface area contributed by atoms with Gasteiger partial charge in [0.05, 0.1) is 5.41 Å². The van der Waals surface area contributed by atoms with Crippen molar-refractivity contribution in [3.05, 3.63) is 34.9 Å². The quantitative estimate of drug-likeness (QED) is 0.875. The van der Waals surface area contributed by atoms with E-state index in [2.05, 4.69) is 39.0 Å². The summed E-state index contributed by atoms with van der Waals surface area (Å²) in [6.45, 7) is 6.39. The minimum absolute atomic E-state index is 0.378. The topological polar surface area (TPSA) is 37.3 Å². The first kappa shape index (κ1) is 13.1. The molecule has 0 radical (unpaired) electrons. The Bertz CT molecular complexity index is 456. The van der Waals surface area contributed by atoms with Gasteiger partial charge >= 0.3 is 5.97 Å². The van der Waals surface area contributed by atoms with Crippen LogP contribution in [0.3, 0.4) is 0 Å². The van der Waals surface area contributed by atoms with Crippen molar-refractivity contribution in [3.8, 4) is 0 Å². The molecule has 1 aliphatic carbocycles. The van der Waals surface area contributed by atoms with Gasteiger partial charge in [-0.3, -0.25) is 4.79 Å². The number of rotatable bonds is 4. The van der Waals surface area contributed by atoms with Crippen LogP contribution < -0.4 is 0 Å². The molecule has 18 heavy (non-hydrogen) atoms. The molecule has 0 atom stereocenters. The largest absolute Gasteiger partial charge is 0.481 e. The molecule has 1 fully saturated rings. The van der Waals surface area contributed by atoms with Gasteiger partial charge < -0.3 is 5.11 Å². The third-order valence-electron chi connectivity index (χ3n) is 4.28. The van der Waals surface area contributed by atoms with E-state index in [4.69, 9.17) is 0 Å². The summed E-state index contributed by atoms with van der Waals surface area (Å²) in [4.78, 5) is 11.7. The minimum atomic E-state index is -0.649. The van der Waals surface area contributed by atoms with E-state index in [-0.39, 0.29) is 0 Å². The van der Waals surface area contributed by atoms with Crippen LogP contribution in [0.5, 0.6) is 0 Å². The lowest BCUT2D eigenvalue weighted by molar-refractivity contribution is -0.147. The zero-order valence-corrected chi connectivity index (χ0v) is 11.5. The first-order valence-electron chi connectivity index (χ1n) is 6.88. The Labute approximate surface area is 109 Å². The normalized spacial score (nSPS) is 17.6. The van der Waals surface area contributed by atoms with Crippen LogP contribution in [-0.2, 0) is 16.6 Å². The number of hydrogen-bond acceptors (Lipinski definition) is 1. The lowest BCUT2D eigenvalue weighted by atomic mass is 9.62. The van der Waals surface area contributed by atoms with Gasteiger partial charge in [0, 0.05) is 0 Å². The van der Waals surface area contributed by atoms with Crippen molar-refractivity contribution in [1.29, 1.82) is 0 Å². The highest BCUT2D eigenvalue weighted by Crippen LogP contribution is 2.46. The molecule has 98 valence electrons. The summed E-state index contributed by atoms with van der Waals surface area (Å²) in [7, 11) is 0. The van der Waals surface area contributed by atoms with E-state index in [0.717, 1.165) is 31.2 Å². The van der Waals surface area contributed by atoms with Crippen molar-refractivity contribution in [2.75, 3.05) is 0 Å². The van der Waals surface area contributed by atoms with Gasteiger partial charge in [-0.05, 0) is 41.9 Å². The molecular weight excluding hydrogens is 224 g/mol. The zero-order valence-electron chi connectivity index (χ0n) is 11.5. The lowest BCUT2D eigenvalue weighted by Gasteiger charge is -2.40. The summed E-state index contributed by atoms with van der Waals surface area (Å²) in [6.07, 6.45) is 3.56. The van der Waals surface area contributed by atoms with Crippen LogP contribution in [0, 0.1) is 0 Å². The highest BCUT2D eigenvalue weighted by Gasteiger charge is 2.47. The van der Waals surface area contributed by atoms with Gasteiger partial charge in [-0.25, -0.2) is 0 Å². The van der Waals surface area contributed by atoms with E-state index in [1.165, 1.54) is 11.1 Å². The molecule has 0 amide bonds. The van der Waals surface area contributed by atoms with Crippen molar-refractivity contribution in [1.82, 2.24) is 0 Å². The highest BCUT2D eigenvalue weighted by atomic mass is 16.4. The lowest BCUT2D eigenvalue weighted by Crippen LogP contribution is -2.43. The number of carboxylic acid groups (broad SMARTS) is 1. The van der Waals surface area contributed by atoms with E-state index in [1.807, 2.05) is 0 Å². The van der Waals surface area contributed by atoms with Gasteiger partial charge in [0.1, 0.15) is 0 Å². The second-order valence-corrected chi connectivity index (χ2v) is 5.67. The number of aliphatic carboxylic acids is 1. The van der Waals surface area contributed by atoms with Crippen LogP contribution in [0.4, 0.5) is 0 Å². The third-order valence-corrected chi connectivity index (χ3v) is 4.28. The first-order valence-corrected chi connectivity index (χ1v) is 6.88. The van der Waals surface area contributed by atoms with Gasteiger partial charge in [-0.2, -0.15) is 0 Å². The molecule has 2 nitrogen and oxygen atoms in total. The van der Waals surface area contributed by atoms with Gasteiger partial charge in [-0.15, -0.1) is 0 Å². The first-order chi connectivity index (χ1) is 8.51. The molecule has 0 saturated heterocycles. The number of aryl methyl sites for hydroxylation is 1. The van der Waals surface area contributed by atoms with Crippen molar-refractivity contribution < 1.29 is 9.90 Å². The Hall–Kier alpha value is -1.31. The molecule has 2 heteroatoms. The zero-order chi connectivity index (χ0) is 13.3. The van der Waals surface area contributed by atoms with Crippen LogP contribution in [0.2, 0.25) is 0 Å². The summed E-state index contributed by atoms with van der Waals surface area (Å²) >= 11 is 0. The SMILES string of the molecule is CCc1ccc(C(C)C)c(C2(C(=O)O)CCC2)c1. The monoisotopic (exact) mass is 246 g/mol. The van der Waals surface area contributed by atoms with Crippen molar-refractivity contribution in [2.24, 2.45) is 0 Å². The van der Waals surface area contributed by atoms with Gasteiger partial charge in [-0.1, -0.05) is 45.4 Å². The molecule has 0 unspecified atom stereocenters. The average molecular weight is 246 g/mol. The van der Waals surface area contributed by atoms with Crippen LogP contribution >= 0.6 is 0 Å². The molecule has 1 aliphatic rings. The maximum absolute atomic E-state index is 11.7. The average Bonchev–Trinajstić information content (AvgIpc) is 2.26. The van der Waals surface area contributed by atoms with Gasteiger partial charge in [0.25, 0.3) is 0 Å². The molecule has 2 rings (SSSR count). The summed E-state index contributed by atoms with van der Waals surface area (Å²) in [5, 5.41) is 9.61. The fraction of sp³-hybridized carbons (Fsp3) is 0.562. The predicted octanol–water partition coefficient (Wildman–Crippen LogP) is 3.88. The second kappa shape index (κ2) is 4.75. The Balaban J connectivity index is 2.56. The fourth-order valence-corrected chi connectivity index (χ4v) is 2.87. The van der Waals surface area contributed by atoms with Gasteiger partial charge in [0.15, 0.2) is 0 Å². The molecule has 0 heterocycles.